The first-order chi connectivity index (χ1) is 8.70. The Hall–Kier alpha value is -2.10. The second kappa shape index (κ2) is 10.8. The third-order valence-electron chi connectivity index (χ3n) is 0.850. The predicted molar refractivity (Wildman–Crippen MR) is 60.4 cm³/mol. The van der Waals surface area contributed by atoms with Crippen LogP contribution in [0.5, 0.6) is 0 Å². The summed E-state index contributed by atoms with van der Waals surface area (Å²) in [7, 11) is -4.57. The van der Waals surface area contributed by atoms with Crippen LogP contribution in [-0.4, -0.2) is 49.5 Å². The lowest BCUT2D eigenvalue weighted by atomic mass is 10.5. The van der Waals surface area contributed by atoms with Gasteiger partial charge < -0.3 is 14.7 Å². The Bertz CT molecular complexity index is 384. The van der Waals surface area contributed by atoms with Gasteiger partial charge in [-0.05, 0) is 0 Å². The third-order valence-corrected chi connectivity index (χ3v) is 1.34. The molecule has 0 aliphatic rings. The normalized spacial score (nSPS) is 8.85. The molecule has 0 aromatic carbocycles. The lowest BCUT2D eigenvalue weighted by Crippen LogP contribution is -2.05. The second-order valence-corrected chi connectivity index (χ2v) is 3.96. The van der Waals surface area contributed by atoms with Crippen molar-refractivity contribution in [3.63, 3.8) is 0 Å². The van der Waals surface area contributed by atoms with Gasteiger partial charge in [-0.25, -0.2) is 14.2 Å². The van der Waals surface area contributed by atoms with Crippen molar-refractivity contribution in [2.45, 2.75) is 20.8 Å². The fourth-order valence-electron chi connectivity index (χ4n) is 0.167. The van der Waals surface area contributed by atoms with Gasteiger partial charge in [-0.15, -0.1) is 0 Å². The predicted octanol–water partition coefficient (Wildman–Crippen LogP) is -1.04. The first kappa shape index (κ1) is 23.0. The average molecular weight is 316 g/mol. The molecule has 12 heteroatoms. The van der Waals surface area contributed by atoms with Crippen molar-refractivity contribution < 1.29 is 53.1 Å². The number of rotatable bonds is 3. The minimum Gasteiger partial charge on any atom is -0.476 e. The number of hydrogen-bond donors (Lipinski definition) is 4. The van der Waals surface area contributed by atoms with Crippen LogP contribution in [0.3, 0.4) is 0 Å². The molecule has 0 bridgehead atoms. The zero-order valence-corrected chi connectivity index (χ0v) is 11.5. The smallest absolute Gasteiger partial charge is 0.476 e. The standard InChI is InChI=1S/2C3H4O3.C2H5O5P/c2*1-2(4)3(5)6;1-2(3)7-8(4,5)6/h2*1H3,(H,5,6);1H3,(H2,4,5,6). The molecule has 0 unspecified atom stereocenters. The van der Waals surface area contributed by atoms with Crippen LogP contribution in [0.1, 0.15) is 20.8 Å². The van der Waals surface area contributed by atoms with E-state index < -0.39 is 37.3 Å². The van der Waals surface area contributed by atoms with E-state index in [9.17, 15) is 28.5 Å². The van der Waals surface area contributed by atoms with Gasteiger partial charge in [0.15, 0.2) is 0 Å². The summed E-state index contributed by atoms with van der Waals surface area (Å²) in [6.07, 6.45) is 0. The van der Waals surface area contributed by atoms with Crippen LogP contribution in [0, 0.1) is 0 Å². The van der Waals surface area contributed by atoms with Gasteiger partial charge in [0.25, 0.3) is 0 Å². The highest BCUT2D eigenvalue weighted by Gasteiger charge is 2.16. The zero-order valence-electron chi connectivity index (χ0n) is 10.6. The molecule has 4 N–H and O–H groups in total. The highest BCUT2D eigenvalue weighted by atomic mass is 31.2. The molecule has 0 aromatic heterocycles. The molecule has 116 valence electrons. The maximum absolute atomic E-state index is 9.74. The molecule has 11 nitrogen and oxygen atoms in total. The van der Waals surface area contributed by atoms with E-state index in [4.69, 9.17) is 20.0 Å². The number of carbonyl (C=O) groups excluding carboxylic acids is 3. The van der Waals surface area contributed by atoms with E-state index in [0.29, 0.717) is 0 Å². The largest absolute Gasteiger partial charge is 0.526 e. The lowest BCUT2D eigenvalue weighted by molar-refractivity contribution is -0.148. The van der Waals surface area contributed by atoms with Gasteiger partial charge in [0.1, 0.15) is 0 Å². The first-order valence-corrected chi connectivity index (χ1v) is 5.97. The highest BCUT2D eigenvalue weighted by molar-refractivity contribution is 7.46. The van der Waals surface area contributed by atoms with Crippen LogP contribution in [0.25, 0.3) is 0 Å². The van der Waals surface area contributed by atoms with Gasteiger partial charge in [-0.2, -0.15) is 0 Å². The Morgan fingerprint density at radius 1 is 0.800 bits per heavy atom. The van der Waals surface area contributed by atoms with E-state index in [0.717, 1.165) is 20.8 Å². The van der Waals surface area contributed by atoms with E-state index >= 15 is 0 Å². The molecule has 0 aliphatic heterocycles. The molecule has 0 radical (unpaired) electrons. The van der Waals surface area contributed by atoms with Crippen LogP contribution >= 0.6 is 7.82 Å². The molecule has 0 aromatic rings. The van der Waals surface area contributed by atoms with E-state index in [1.807, 2.05) is 0 Å². The van der Waals surface area contributed by atoms with Crippen molar-refractivity contribution in [2.24, 2.45) is 0 Å². The van der Waals surface area contributed by atoms with Gasteiger partial charge in [0, 0.05) is 20.8 Å². The van der Waals surface area contributed by atoms with E-state index in [2.05, 4.69) is 4.52 Å². The molecule has 0 rings (SSSR count). The average Bonchev–Trinajstić information content (AvgIpc) is 2.14. The Morgan fingerprint density at radius 3 is 1.00 bits per heavy atom. The molecule has 0 spiro atoms. The fourth-order valence-corrected chi connectivity index (χ4v) is 0.502. The van der Waals surface area contributed by atoms with Crippen molar-refractivity contribution in [3.05, 3.63) is 0 Å². The van der Waals surface area contributed by atoms with Crippen molar-refractivity contribution in [3.8, 4) is 0 Å². The summed E-state index contributed by atoms with van der Waals surface area (Å²) >= 11 is 0. The molecular weight excluding hydrogens is 303 g/mol. The Kier molecular flexibility index (Phi) is 12.4. The molecule has 0 saturated heterocycles. The van der Waals surface area contributed by atoms with E-state index in [1.165, 1.54) is 0 Å². The SMILES string of the molecule is CC(=O)C(=O)O.CC(=O)C(=O)O.CC(=O)OP(=O)(O)O. The van der Waals surface area contributed by atoms with Crippen LogP contribution in [0.15, 0.2) is 0 Å². The van der Waals surface area contributed by atoms with Crippen LogP contribution in [0.4, 0.5) is 0 Å². The summed E-state index contributed by atoms with van der Waals surface area (Å²) in [4.78, 5) is 63.2. The number of carboxylic acids is 2. The molecule has 0 heterocycles. The number of ketones is 2. The van der Waals surface area contributed by atoms with Gasteiger partial charge in [0.2, 0.25) is 11.6 Å². The second-order valence-electron chi connectivity index (χ2n) is 2.80. The van der Waals surface area contributed by atoms with Crippen LogP contribution < -0.4 is 0 Å². The summed E-state index contributed by atoms with van der Waals surface area (Å²) in [6, 6.07) is 0. The molecule has 0 fully saturated rings. The third kappa shape index (κ3) is 29.7. The number of carbonyl (C=O) groups is 5. The van der Waals surface area contributed by atoms with Crippen LogP contribution in [0.2, 0.25) is 0 Å². The van der Waals surface area contributed by atoms with Gasteiger partial charge in [-0.1, -0.05) is 0 Å². The minimum absolute atomic E-state index is 0.824. The summed E-state index contributed by atoms with van der Waals surface area (Å²) in [5.41, 5.74) is 0. The van der Waals surface area contributed by atoms with Crippen molar-refractivity contribution in [1.29, 1.82) is 0 Å². The Labute approximate surface area is 112 Å². The molecule has 0 saturated carbocycles. The quantitative estimate of drug-likeness (QED) is 0.367. The molecule has 0 aliphatic carbocycles. The number of phosphoric ester groups is 1. The lowest BCUT2D eigenvalue weighted by Gasteiger charge is -1.98. The van der Waals surface area contributed by atoms with E-state index in [-0.39, 0.29) is 0 Å². The maximum atomic E-state index is 9.74. The van der Waals surface area contributed by atoms with Crippen molar-refractivity contribution in [1.82, 2.24) is 0 Å². The fraction of sp³-hybridized carbons (Fsp3) is 0.375. The number of aliphatic carboxylic acids is 2. The topological polar surface area (TPSA) is 193 Å². The van der Waals surface area contributed by atoms with E-state index in [1.54, 1.807) is 0 Å². The number of Topliss-reactive ketones (excluding diaryl/α,β-unsaturated/α-hetero) is 2. The minimum atomic E-state index is -4.57. The van der Waals surface area contributed by atoms with Gasteiger partial charge >= 0.3 is 25.7 Å². The Balaban J connectivity index is -0.000000221. The summed E-state index contributed by atoms with van der Waals surface area (Å²) < 4.78 is 13.2. The highest BCUT2D eigenvalue weighted by Crippen LogP contribution is 2.35. The molecule has 0 amide bonds. The van der Waals surface area contributed by atoms with Crippen molar-refractivity contribution in [2.75, 3.05) is 0 Å². The Morgan fingerprint density at radius 2 is 1.00 bits per heavy atom. The van der Waals surface area contributed by atoms with Gasteiger partial charge in [0.05, 0.1) is 0 Å². The molecular formula is C8H13O11P. The summed E-state index contributed by atoms with van der Waals surface area (Å²) in [5.74, 6) is -5.40. The summed E-state index contributed by atoms with van der Waals surface area (Å²) in [5, 5.41) is 15.3. The first-order valence-electron chi connectivity index (χ1n) is 4.44. The maximum Gasteiger partial charge on any atom is 0.526 e. The van der Waals surface area contributed by atoms with Gasteiger partial charge in [-0.3, -0.25) is 24.2 Å². The number of hydrogen-bond acceptors (Lipinski definition) is 7. The van der Waals surface area contributed by atoms with Crippen LogP contribution in [-0.2, 0) is 33.1 Å². The molecule has 20 heavy (non-hydrogen) atoms. The number of carboxylic acid groups (broad SMARTS) is 2. The monoisotopic (exact) mass is 316 g/mol. The number of phosphoric acid groups is 1. The zero-order chi connectivity index (χ0) is 17.1. The van der Waals surface area contributed by atoms with Crippen molar-refractivity contribution >= 4 is 37.3 Å². The summed E-state index contributed by atoms with van der Waals surface area (Å²) in [6.45, 7) is 2.92. The molecule has 0 atom stereocenters.